The molecule has 0 radical (unpaired) electrons. The quantitative estimate of drug-likeness (QED) is 0.857. The van der Waals surface area contributed by atoms with Crippen molar-refractivity contribution >= 4 is 5.91 Å². The number of rotatable bonds is 4. The average molecular weight is 339 g/mol. The summed E-state index contributed by atoms with van der Waals surface area (Å²) in [5.41, 5.74) is 1.98. The molecule has 2 saturated heterocycles. The molecule has 1 aromatic heterocycles. The van der Waals surface area contributed by atoms with Gasteiger partial charge in [0.25, 0.3) is 0 Å². The summed E-state index contributed by atoms with van der Waals surface area (Å²) < 4.78 is 5.68. The van der Waals surface area contributed by atoms with Gasteiger partial charge in [-0.2, -0.15) is 0 Å². The van der Waals surface area contributed by atoms with Crippen LogP contribution in [-0.4, -0.2) is 45.9 Å². The molecule has 2 aliphatic heterocycles. The first-order valence-corrected chi connectivity index (χ1v) is 9.23. The Hall–Kier alpha value is -2.14. The number of likely N-dealkylation sites (tertiary alicyclic amines) is 2. The number of hydrogen-bond acceptors (Lipinski definition) is 4. The lowest BCUT2D eigenvalue weighted by atomic mass is 10.0. The summed E-state index contributed by atoms with van der Waals surface area (Å²) in [4.78, 5) is 21.1. The zero-order chi connectivity index (χ0) is 17.2. The van der Waals surface area contributed by atoms with Crippen molar-refractivity contribution in [3.8, 4) is 11.5 Å². The second kappa shape index (κ2) is 7.00. The third-order valence-corrected chi connectivity index (χ3v) is 5.50. The van der Waals surface area contributed by atoms with Crippen molar-refractivity contribution in [2.45, 2.75) is 51.2 Å². The number of benzene rings is 1. The van der Waals surface area contributed by atoms with E-state index in [0.29, 0.717) is 18.0 Å². The topological polar surface area (TPSA) is 49.6 Å². The SMILES string of the molecule is CC(=O)N1CCC[C@@H]1[C@@H]1CCCN1Cc1coc(-c2ccccc2)n1. The summed E-state index contributed by atoms with van der Waals surface area (Å²) in [5.74, 6) is 0.889. The fourth-order valence-corrected chi connectivity index (χ4v) is 4.37. The van der Waals surface area contributed by atoms with Gasteiger partial charge in [-0.05, 0) is 44.4 Å². The number of oxazole rings is 1. The number of carbonyl (C=O) groups excluding carboxylic acids is 1. The van der Waals surface area contributed by atoms with E-state index in [1.54, 1.807) is 13.2 Å². The predicted octanol–water partition coefficient (Wildman–Crippen LogP) is 3.32. The Kier molecular flexibility index (Phi) is 4.57. The molecule has 1 aromatic carbocycles. The van der Waals surface area contributed by atoms with E-state index in [0.717, 1.165) is 50.2 Å². The number of carbonyl (C=O) groups is 1. The van der Waals surface area contributed by atoms with Crippen molar-refractivity contribution in [1.82, 2.24) is 14.8 Å². The Labute approximate surface area is 148 Å². The zero-order valence-electron chi connectivity index (χ0n) is 14.7. The number of nitrogens with zero attached hydrogens (tertiary/aromatic N) is 3. The van der Waals surface area contributed by atoms with E-state index in [2.05, 4.69) is 14.8 Å². The van der Waals surface area contributed by atoms with E-state index in [1.807, 2.05) is 30.3 Å². The average Bonchev–Trinajstić information content (AvgIpc) is 3.36. The van der Waals surface area contributed by atoms with Crippen molar-refractivity contribution in [2.24, 2.45) is 0 Å². The molecule has 0 aliphatic carbocycles. The van der Waals surface area contributed by atoms with Gasteiger partial charge >= 0.3 is 0 Å². The minimum Gasteiger partial charge on any atom is -0.444 e. The van der Waals surface area contributed by atoms with Gasteiger partial charge in [-0.3, -0.25) is 9.69 Å². The minimum atomic E-state index is 0.210. The van der Waals surface area contributed by atoms with Gasteiger partial charge in [-0.15, -0.1) is 0 Å². The Bertz CT molecular complexity index is 728. The van der Waals surface area contributed by atoms with Crippen molar-refractivity contribution in [2.75, 3.05) is 13.1 Å². The molecule has 3 heterocycles. The minimum absolute atomic E-state index is 0.210. The van der Waals surface area contributed by atoms with Gasteiger partial charge in [-0.25, -0.2) is 4.98 Å². The van der Waals surface area contributed by atoms with Gasteiger partial charge in [0.1, 0.15) is 6.26 Å². The van der Waals surface area contributed by atoms with Crippen LogP contribution in [0.3, 0.4) is 0 Å². The smallest absolute Gasteiger partial charge is 0.226 e. The van der Waals surface area contributed by atoms with E-state index in [9.17, 15) is 4.79 Å². The molecular formula is C20H25N3O2. The van der Waals surface area contributed by atoms with Crippen LogP contribution in [0.15, 0.2) is 41.0 Å². The van der Waals surface area contributed by atoms with Crippen molar-refractivity contribution in [3.05, 3.63) is 42.3 Å². The summed E-state index contributed by atoms with van der Waals surface area (Å²) in [7, 11) is 0. The fourth-order valence-electron chi connectivity index (χ4n) is 4.37. The van der Waals surface area contributed by atoms with Gasteiger partial charge in [0.05, 0.1) is 5.69 Å². The molecule has 0 spiro atoms. The first-order chi connectivity index (χ1) is 12.2. The maximum atomic E-state index is 11.9. The van der Waals surface area contributed by atoms with Crippen LogP contribution in [0.4, 0.5) is 0 Å². The van der Waals surface area contributed by atoms with Crippen LogP contribution in [0.2, 0.25) is 0 Å². The van der Waals surface area contributed by atoms with E-state index in [4.69, 9.17) is 4.42 Å². The van der Waals surface area contributed by atoms with Gasteiger partial charge in [0.2, 0.25) is 11.8 Å². The van der Waals surface area contributed by atoms with Crippen LogP contribution in [0.25, 0.3) is 11.5 Å². The first-order valence-electron chi connectivity index (χ1n) is 9.23. The molecule has 5 nitrogen and oxygen atoms in total. The van der Waals surface area contributed by atoms with Gasteiger partial charge in [0.15, 0.2) is 0 Å². The molecule has 2 aromatic rings. The van der Waals surface area contributed by atoms with Crippen LogP contribution in [0.1, 0.15) is 38.3 Å². The lowest BCUT2D eigenvalue weighted by Gasteiger charge is -2.34. The van der Waals surface area contributed by atoms with Gasteiger partial charge in [-0.1, -0.05) is 18.2 Å². The van der Waals surface area contributed by atoms with Crippen LogP contribution in [0, 0.1) is 0 Å². The molecule has 132 valence electrons. The third kappa shape index (κ3) is 3.33. The monoisotopic (exact) mass is 339 g/mol. The molecule has 0 N–H and O–H groups in total. The number of aromatic nitrogens is 1. The Morgan fingerprint density at radius 2 is 1.92 bits per heavy atom. The van der Waals surface area contributed by atoms with Crippen LogP contribution in [0.5, 0.6) is 0 Å². The maximum Gasteiger partial charge on any atom is 0.226 e. The highest BCUT2D eigenvalue weighted by molar-refractivity contribution is 5.74. The summed E-state index contributed by atoms with van der Waals surface area (Å²) in [6.07, 6.45) is 6.37. The molecule has 2 atom stereocenters. The molecular weight excluding hydrogens is 314 g/mol. The predicted molar refractivity (Wildman–Crippen MR) is 95.8 cm³/mol. The largest absolute Gasteiger partial charge is 0.444 e. The third-order valence-electron chi connectivity index (χ3n) is 5.50. The molecule has 4 rings (SSSR count). The van der Waals surface area contributed by atoms with Crippen molar-refractivity contribution < 1.29 is 9.21 Å². The second-order valence-corrected chi connectivity index (χ2v) is 7.11. The molecule has 0 unspecified atom stereocenters. The molecule has 1 amide bonds. The first kappa shape index (κ1) is 16.3. The highest BCUT2D eigenvalue weighted by Crippen LogP contribution is 2.31. The highest BCUT2D eigenvalue weighted by atomic mass is 16.3. The Morgan fingerprint density at radius 1 is 1.16 bits per heavy atom. The summed E-state index contributed by atoms with van der Waals surface area (Å²) in [5, 5.41) is 0. The molecule has 0 saturated carbocycles. The van der Waals surface area contributed by atoms with E-state index in [-0.39, 0.29) is 5.91 Å². The molecule has 0 bridgehead atoms. The van der Waals surface area contributed by atoms with Crippen molar-refractivity contribution in [1.29, 1.82) is 0 Å². The maximum absolute atomic E-state index is 11.9. The Morgan fingerprint density at radius 3 is 2.72 bits per heavy atom. The van der Waals surface area contributed by atoms with E-state index in [1.165, 1.54) is 6.42 Å². The molecule has 5 heteroatoms. The standard InChI is InChI=1S/C20H25N3O2/c1-15(24)23-12-6-10-19(23)18-9-5-11-22(18)13-17-14-25-20(21-17)16-7-3-2-4-8-16/h2-4,7-8,14,18-19H,5-6,9-13H2,1H3/t18-,19+/m0/s1. The van der Waals surface area contributed by atoms with Gasteiger partial charge < -0.3 is 9.32 Å². The zero-order valence-corrected chi connectivity index (χ0v) is 14.7. The summed E-state index contributed by atoms with van der Waals surface area (Å²) in [6.45, 7) is 4.47. The van der Waals surface area contributed by atoms with E-state index >= 15 is 0 Å². The van der Waals surface area contributed by atoms with E-state index < -0.39 is 0 Å². The Balaban J connectivity index is 1.47. The van der Waals surface area contributed by atoms with Crippen LogP contribution in [-0.2, 0) is 11.3 Å². The summed E-state index contributed by atoms with van der Waals surface area (Å²) in [6, 6.07) is 10.8. The molecule has 2 fully saturated rings. The fraction of sp³-hybridized carbons (Fsp3) is 0.500. The summed E-state index contributed by atoms with van der Waals surface area (Å²) >= 11 is 0. The number of hydrogen-bond donors (Lipinski definition) is 0. The number of amides is 1. The lowest BCUT2D eigenvalue weighted by molar-refractivity contribution is -0.130. The second-order valence-electron chi connectivity index (χ2n) is 7.11. The lowest BCUT2D eigenvalue weighted by Crippen LogP contribution is -2.47. The van der Waals surface area contributed by atoms with Gasteiger partial charge in [0, 0.05) is 37.7 Å². The van der Waals surface area contributed by atoms with Crippen LogP contribution >= 0.6 is 0 Å². The van der Waals surface area contributed by atoms with Crippen molar-refractivity contribution in [3.63, 3.8) is 0 Å². The molecule has 2 aliphatic rings. The molecule has 25 heavy (non-hydrogen) atoms. The normalized spacial score (nSPS) is 24.1. The highest BCUT2D eigenvalue weighted by Gasteiger charge is 2.38. The van der Waals surface area contributed by atoms with Crippen LogP contribution < -0.4 is 0 Å².